The van der Waals surface area contributed by atoms with Crippen LogP contribution >= 0.6 is 0 Å². The summed E-state index contributed by atoms with van der Waals surface area (Å²) in [7, 11) is 0. The highest BCUT2D eigenvalue weighted by atomic mass is 16.3. The molecule has 2 rings (SSSR count). The molecular formula is C8H15NO3. The van der Waals surface area contributed by atoms with Crippen LogP contribution < -0.4 is 0 Å². The lowest BCUT2D eigenvalue weighted by atomic mass is 9.81. The Labute approximate surface area is 71.4 Å². The topological polar surface area (TPSA) is 63.9 Å². The van der Waals surface area contributed by atoms with Gasteiger partial charge in [0.15, 0.2) is 0 Å². The normalized spacial score (nSPS) is 48.2. The lowest BCUT2D eigenvalue weighted by molar-refractivity contribution is -0.186. The summed E-state index contributed by atoms with van der Waals surface area (Å²) >= 11 is 0. The number of hydrogen-bond acceptors (Lipinski definition) is 4. The molecule has 0 unspecified atom stereocenters. The third-order valence-electron chi connectivity index (χ3n) is 3.05. The van der Waals surface area contributed by atoms with Gasteiger partial charge in [0.05, 0.1) is 30.9 Å². The van der Waals surface area contributed by atoms with Crippen molar-refractivity contribution in [3.63, 3.8) is 0 Å². The standard InChI is InChI=1S/C8H15NO3/c10-4-5-8(12)7-6(11)2-1-3-9(5)7/h5-8,10-12H,1-4H2/t5-,6+,7+,8+/m0/s1. The minimum absolute atomic E-state index is 0.00954. The van der Waals surface area contributed by atoms with Crippen LogP contribution in [-0.2, 0) is 0 Å². The maximum Gasteiger partial charge on any atom is 0.0898 e. The Morgan fingerprint density at radius 2 is 2.08 bits per heavy atom. The van der Waals surface area contributed by atoms with E-state index in [-0.39, 0.29) is 18.7 Å². The number of aliphatic hydroxyl groups excluding tert-OH is 3. The van der Waals surface area contributed by atoms with E-state index in [0.717, 1.165) is 19.4 Å². The lowest BCUT2D eigenvalue weighted by Gasteiger charge is -2.56. The Kier molecular flexibility index (Phi) is 2.08. The molecular weight excluding hydrogens is 158 g/mol. The molecule has 0 aromatic carbocycles. The van der Waals surface area contributed by atoms with Crippen LogP contribution in [0.2, 0.25) is 0 Å². The first-order chi connectivity index (χ1) is 5.75. The Morgan fingerprint density at radius 1 is 1.33 bits per heavy atom. The predicted molar refractivity (Wildman–Crippen MR) is 42.6 cm³/mol. The van der Waals surface area contributed by atoms with Crippen LogP contribution in [0.1, 0.15) is 12.8 Å². The first-order valence-electron chi connectivity index (χ1n) is 4.48. The highest BCUT2D eigenvalue weighted by Gasteiger charge is 2.51. The van der Waals surface area contributed by atoms with Crippen molar-refractivity contribution in [2.45, 2.75) is 37.1 Å². The number of piperidine rings is 1. The second-order valence-electron chi connectivity index (χ2n) is 3.68. The summed E-state index contributed by atoms with van der Waals surface area (Å²) in [6.45, 7) is 0.883. The van der Waals surface area contributed by atoms with Crippen molar-refractivity contribution in [3.05, 3.63) is 0 Å². The molecule has 4 heteroatoms. The van der Waals surface area contributed by atoms with Crippen molar-refractivity contribution in [2.24, 2.45) is 0 Å². The fourth-order valence-electron chi connectivity index (χ4n) is 2.37. The van der Waals surface area contributed by atoms with Gasteiger partial charge in [-0.1, -0.05) is 0 Å². The zero-order valence-corrected chi connectivity index (χ0v) is 6.93. The van der Waals surface area contributed by atoms with E-state index in [1.54, 1.807) is 0 Å². The predicted octanol–water partition coefficient (Wildman–Crippen LogP) is -1.45. The fourth-order valence-corrected chi connectivity index (χ4v) is 2.37. The zero-order chi connectivity index (χ0) is 8.72. The van der Waals surface area contributed by atoms with Crippen molar-refractivity contribution in [1.82, 2.24) is 4.90 Å². The van der Waals surface area contributed by atoms with Crippen molar-refractivity contribution in [2.75, 3.05) is 13.2 Å². The zero-order valence-electron chi connectivity index (χ0n) is 6.93. The Balaban J connectivity index is 2.03. The van der Waals surface area contributed by atoms with Gasteiger partial charge in [-0.15, -0.1) is 0 Å². The molecule has 0 radical (unpaired) electrons. The van der Waals surface area contributed by atoms with E-state index in [1.165, 1.54) is 0 Å². The van der Waals surface area contributed by atoms with Crippen molar-refractivity contribution < 1.29 is 15.3 Å². The number of rotatable bonds is 1. The molecule has 12 heavy (non-hydrogen) atoms. The third kappa shape index (κ3) is 0.992. The molecule has 0 spiro atoms. The summed E-state index contributed by atoms with van der Waals surface area (Å²) in [6, 6.07) is -0.249. The van der Waals surface area contributed by atoms with E-state index in [1.807, 2.05) is 4.90 Å². The summed E-state index contributed by atoms with van der Waals surface area (Å²) in [4.78, 5) is 2.00. The monoisotopic (exact) mass is 173 g/mol. The van der Waals surface area contributed by atoms with Crippen LogP contribution in [0.4, 0.5) is 0 Å². The van der Waals surface area contributed by atoms with Gasteiger partial charge in [0, 0.05) is 0 Å². The molecule has 4 atom stereocenters. The maximum absolute atomic E-state index is 9.51. The quantitative estimate of drug-likeness (QED) is 0.454. The first-order valence-corrected chi connectivity index (χ1v) is 4.48. The highest BCUT2D eigenvalue weighted by molar-refractivity contribution is 5.06. The van der Waals surface area contributed by atoms with Crippen LogP contribution in [0.5, 0.6) is 0 Å². The number of hydrogen-bond donors (Lipinski definition) is 3. The van der Waals surface area contributed by atoms with Crippen LogP contribution in [0.3, 0.4) is 0 Å². The van der Waals surface area contributed by atoms with Crippen molar-refractivity contribution in [1.29, 1.82) is 0 Å². The smallest absolute Gasteiger partial charge is 0.0898 e. The minimum Gasteiger partial charge on any atom is -0.395 e. The Morgan fingerprint density at radius 3 is 2.75 bits per heavy atom. The second-order valence-corrected chi connectivity index (χ2v) is 3.68. The summed E-state index contributed by atoms with van der Waals surface area (Å²) < 4.78 is 0. The Hall–Kier alpha value is -0.160. The van der Waals surface area contributed by atoms with Crippen molar-refractivity contribution >= 4 is 0 Å². The molecule has 0 aromatic rings. The molecule has 2 aliphatic heterocycles. The van der Waals surface area contributed by atoms with E-state index >= 15 is 0 Å². The second kappa shape index (κ2) is 2.96. The summed E-state index contributed by atoms with van der Waals surface area (Å²) in [5.74, 6) is 0. The number of aliphatic hydroxyl groups is 3. The summed E-state index contributed by atoms with van der Waals surface area (Å²) in [5.41, 5.74) is 0. The minimum atomic E-state index is -0.537. The number of fused-ring (bicyclic) bond motifs is 1. The Bertz CT molecular complexity index is 176. The van der Waals surface area contributed by atoms with E-state index in [4.69, 9.17) is 5.11 Å². The lowest BCUT2D eigenvalue weighted by Crippen LogP contribution is -2.74. The molecule has 0 aromatic heterocycles. The molecule has 2 heterocycles. The largest absolute Gasteiger partial charge is 0.395 e. The van der Waals surface area contributed by atoms with Gasteiger partial charge in [-0.2, -0.15) is 0 Å². The summed E-state index contributed by atoms with van der Waals surface area (Å²) in [5, 5.41) is 27.9. The van der Waals surface area contributed by atoms with Gasteiger partial charge in [0.1, 0.15) is 0 Å². The number of nitrogens with zero attached hydrogens (tertiary/aromatic N) is 1. The van der Waals surface area contributed by atoms with Gasteiger partial charge in [-0.05, 0) is 19.4 Å². The molecule has 3 N–H and O–H groups in total. The van der Waals surface area contributed by atoms with E-state index in [2.05, 4.69) is 0 Å². The average molecular weight is 173 g/mol. The molecule has 0 aliphatic carbocycles. The molecule has 4 nitrogen and oxygen atoms in total. The molecule has 0 amide bonds. The summed E-state index contributed by atoms with van der Waals surface area (Å²) in [6.07, 6.45) is 0.791. The molecule has 2 saturated heterocycles. The molecule has 2 fully saturated rings. The molecule has 0 bridgehead atoms. The molecule has 0 saturated carbocycles. The van der Waals surface area contributed by atoms with Gasteiger partial charge < -0.3 is 15.3 Å². The first kappa shape index (κ1) is 8.44. The van der Waals surface area contributed by atoms with Gasteiger partial charge in [0.25, 0.3) is 0 Å². The van der Waals surface area contributed by atoms with Gasteiger partial charge in [0.2, 0.25) is 0 Å². The fraction of sp³-hybridized carbons (Fsp3) is 1.00. The van der Waals surface area contributed by atoms with Crippen LogP contribution in [0.15, 0.2) is 0 Å². The highest BCUT2D eigenvalue weighted by Crippen LogP contribution is 2.33. The molecule has 2 aliphatic rings. The van der Waals surface area contributed by atoms with Crippen molar-refractivity contribution in [3.8, 4) is 0 Å². The van der Waals surface area contributed by atoms with Gasteiger partial charge in [-0.25, -0.2) is 0 Å². The van der Waals surface area contributed by atoms with E-state index in [9.17, 15) is 10.2 Å². The van der Waals surface area contributed by atoms with Crippen LogP contribution in [0, 0.1) is 0 Å². The molecule has 70 valence electrons. The van der Waals surface area contributed by atoms with E-state index < -0.39 is 12.2 Å². The van der Waals surface area contributed by atoms with Crippen LogP contribution in [-0.4, -0.2) is 57.7 Å². The van der Waals surface area contributed by atoms with Gasteiger partial charge >= 0.3 is 0 Å². The average Bonchev–Trinajstić information content (AvgIpc) is 2.04. The SMILES string of the molecule is OC[C@H]1[C@@H](O)[C@H]2[C@H](O)CCCN21. The van der Waals surface area contributed by atoms with Gasteiger partial charge in [-0.3, -0.25) is 4.90 Å². The van der Waals surface area contributed by atoms with E-state index in [0.29, 0.717) is 0 Å². The third-order valence-corrected chi connectivity index (χ3v) is 3.05. The maximum atomic E-state index is 9.51. The van der Waals surface area contributed by atoms with Crippen LogP contribution in [0.25, 0.3) is 0 Å².